The van der Waals surface area contributed by atoms with Crippen molar-refractivity contribution in [3.05, 3.63) is 64.8 Å². The monoisotopic (exact) mass is 476 g/mol. The van der Waals surface area contributed by atoms with Gasteiger partial charge in [0.05, 0.1) is 10.7 Å². The fraction of sp³-hybridized carbons (Fsp3) is 0.370. The van der Waals surface area contributed by atoms with E-state index in [9.17, 15) is 10.1 Å². The minimum Gasteiger partial charge on any atom is -0.454 e. The van der Waals surface area contributed by atoms with E-state index >= 15 is 0 Å². The number of nitrogens with one attached hydrogen (secondary N) is 2. The number of carbonyl (C=O) groups is 1. The Hall–Kier alpha value is -3.14. The molecule has 1 fully saturated rings. The van der Waals surface area contributed by atoms with E-state index < -0.39 is 0 Å². The van der Waals surface area contributed by atoms with Crippen LogP contribution >= 0.6 is 11.6 Å². The molecule has 1 aromatic heterocycles. The number of piperidine rings is 1. The number of Topliss-reactive ketones (excluding diaryl/α,β-unsaturated/α-hetero) is 1. The van der Waals surface area contributed by atoms with Gasteiger partial charge in [-0.15, -0.1) is 0 Å². The van der Waals surface area contributed by atoms with Crippen LogP contribution in [0.25, 0.3) is 11.3 Å². The van der Waals surface area contributed by atoms with Crippen LogP contribution < -0.4 is 10.1 Å². The summed E-state index contributed by atoms with van der Waals surface area (Å²) in [7, 11) is 0. The molecule has 2 N–H and O–H groups in total. The maximum atomic E-state index is 13.1. The van der Waals surface area contributed by atoms with Gasteiger partial charge in [0.15, 0.2) is 5.78 Å². The van der Waals surface area contributed by atoms with Gasteiger partial charge in [-0.25, -0.2) is 0 Å². The molecule has 0 aliphatic carbocycles. The van der Waals surface area contributed by atoms with Crippen molar-refractivity contribution in [3.8, 4) is 28.8 Å². The summed E-state index contributed by atoms with van der Waals surface area (Å²) in [6.07, 6.45) is 4.00. The number of benzene rings is 2. The van der Waals surface area contributed by atoms with Crippen molar-refractivity contribution in [1.82, 2.24) is 15.5 Å². The number of carbonyl (C=O) groups excluding carboxylic acids is 1. The van der Waals surface area contributed by atoms with Crippen molar-refractivity contribution in [2.75, 3.05) is 0 Å². The lowest BCUT2D eigenvalue weighted by atomic mass is 9.74. The molecule has 3 aromatic rings. The number of H-pyrrole nitrogens is 1. The molecule has 0 radical (unpaired) electrons. The first kappa shape index (κ1) is 24.0. The molecule has 0 bridgehead atoms. The number of nitrogens with zero attached hydrogens (tertiary/aromatic N) is 2. The summed E-state index contributed by atoms with van der Waals surface area (Å²) in [4.78, 5) is 13.1. The molecule has 34 heavy (non-hydrogen) atoms. The second kappa shape index (κ2) is 9.25. The molecule has 2 aromatic carbocycles. The molecule has 4 rings (SSSR count). The highest BCUT2D eigenvalue weighted by Gasteiger charge is 2.38. The molecule has 1 aliphatic heterocycles. The standard InChI is InChI=1S/C27H29ClN4O2/c1-26(2)14-17(15-27(3,4)32-26)12-23(33)18-8-9-25(21(28)13-18)34-24-7-5-6-19(20(24)16-29)22-10-11-30-31-22/h5-11,13,17,32H,12,14-15H2,1-4H3,(H,30,31). The molecular weight excluding hydrogens is 448 g/mol. The lowest BCUT2D eigenvalue weighted by Crippen LogP contribution is -2.57. The number of ether oxygens (including phenoxy) is 1. The van der Waals surface area contributed by atoms with Crippen molar-refractivity contribution >= 4 is 17.4 Å². The highest BCUT2D eigenvalue weighted by Crippen LogP contribution is 2.37. The SMILES string of the molecule is CC1(C)CC(CC(=O)c2ccc(Oc3cccc(-c4ccn[nH]4)c3C#N)c(Cl)c2)CC(C)(C)N1. The first-order valence-electron chi connectivity index (χ1n) is 11.4. The Bertz CT molecular complexity index is 1230. The second-order valence-corrected chi connectivity index (χ2v) is 10.7. The van der Waals surface area contributed by atoms with E-state index in [1.54, 1.807) is 42.6 Å². The lowest BCUT2D eigenvalue weighted by Gasteiger charge is -2.46. The van der Waals surface area contributed by atoms with Gasteiger partial charge in [0.2, 0.25) is 0 Å². The highest BCUT2D eigenvalue weighted by atomic mass is 35.5. The van der Waals surface area contributed by atoms with Gasteiger partial charge in [-0.3, -0.25) is 9.89 Å². The van der Waals surface area contributed by atoms with Gasteiger partial charge in [0, 0.05) is 34.8 Å². The summed E-state index contributed by atoms with van der Waals surface area (Å²) in [5, 5.41) is 20.6. The zero-order valence-corrected chi connectivity index (χ0v) is 20.7. The summed E-state index contributed by atoms with van der Waals surface area (Å²) in [6, 6.07) is 14.4. The van der Waals surface area contributed by atoms with Gasteiger partial charge in [0.1, 0.15) is 23.1 Å². The molecule has 0 saturated carbocycles. The summed E-state index contributed by atoms with van der Waals surface area (Å²) in [6.45, 7) is 8.74. The molecule has 0 unspecified atom stereocenters. The number of rotatable bonds is 6. The largest absolute Gasteiger partial charge is 0.454 e. The Labute approximate surface area is 205 Å². The van der Waals surface area contributed by atoms with E-state index in [0.717, 1.165) is 18.5 Å². The van der Waals surface area contributed by atoms with Crippen molar-refractivity contribution in [1.29, 1.82) is 5.26 Å². The zero-order valence-electron chi connectivity index (χ0n) is 19.9. The molecule has 0 atom stereocenters. The van der Waals surface area contributed by atoms with Crippen molar-refractivity contribution in [2.45, 2.75) is 58.0 Å². The minimum absolute atomic E-state index is 0.00872. The first-order chi connectivity index (χ1) is 16.1. The molecule has 2 heterocycles. The number of aromatic amines is 1. The fourth-order valence-electron chi connectivity index (χ4n) is 5.30. The van der Waals surface area contributed by atoms with Gasteiger partial charge in [-0.1, -0.05) is 23.7 Å². The summed E-state index contributed by atoms with van der Waals surface area (Å²) >= 11 is 6.51. The Morgan fingerprint density at radius 2 is 1.88 bits per heavy atom. The molecule has 6 nitrogen and oxygen atoms in total. The van der Waals surface area contributed by atoms with E-state index in [1.165, 1.54) is 0 Å². The third kappa shape index (κ3) is 5.32. The van der Waals surface area contributed by atoms with Crippen LogP contribution in [-0.2, 0) is 0 Å². The van der Waals surface area contributed by atoms with Crippen LogP contribution in [0.2, 0.25) is 5.02 Å². The molecule has 0 amide bonds. The normalized spacial score (nSPS) is 17.2. The number of halogens is 1. The number of nitriles is 1. The number of hydrogen-bond donors (Lipinski definition) is 2. The Kier molecular flexibility index (Phi) is 6.53. The Balaban J connectivity index is 1.52. The minimum atomic E-state index is -0.00872. The summed E-state index contributed by atoms with van der Waals surface area (Å²) < 4.78 is 6.00. The number of aromatic nitrogens is 2. The van der Waals surface area contributed by atoms with E-state index in [4.69, 9.17) is 16.3 Å². The predicted molar refractivity (Wildman–Crippen MR) is 133 cm³/mol. The first-order valence-corrected chi connectivity index (χ1v) is 11.8. The Morgan fingerprint density at radius 3 is 2.50 bits per heavy atom. The van der Waals surface area contributed by atoms with Gasteiger partial charge < -0.3 is 10.1 Å². The second-order valence-electron chi connectivity index (χ2n) is 10.3. The van der Waals surface area contributed by atoms with Gasteiger partial charge in [0.25, 0.3) is 0 Å². The highest BCUT2D eigenvalue weighted by molar-refractivity contribution is 6.32. The van der Waals surface area contributed by atoms with Gasteiger partial charge in [-0.05, 0) is 76.8 Å². The molecule has 176 valence electrons. The van der Waals surface area contributed by atoms with E-state index in [2.05, 4.69) is 49.3 Å². The van der Waals surface area contributed by atoms with Crippen LogP contribution in [0, 0.1) is 17.2 Å². The van der Waals surface area contributed by atoms with E-state index in [1.807, 2.05) is 6.07 Å². The van der Waals surface area contributed by atoms with Crippen LogP contribution in [0.5, 0.6) is 11.5 Å². The van der Waals surface area contributed by atoms with Gasteiger partial charge in [-0.2, -0.15) is 10.4 Å². The number of ketones is 1. The maximum Gasteiger partial charge on any atom is 0.163 e. The third-order valence-electron chi connectivity index (χ3n) is 6.15. The lowest BCUT2D eigenvalue weighted by molar-refractivity contribution is 0.0864. The van der Waals surface area contributed by atoms with Crippen molar-refractivity contribution in [2.24, 2.45) is 5.92 Å². The molecule has 7 heteroatoms. The zero-order chi connectivity index (χ0) is 24.5. The van der Waals surface area contributed by atoms with Gasteiger partial charge >= 0.3 is 0 Å². The molecule has 1 saturated heterocycles. The average molecular weight is 477 g/mol. The fourth-order valence-corrected chi connectivity index (χ4v) is 5.51. The number of hydrogen-bond acceptors (Lipinski definition) is 5. The third-order valence-corrected chi connectivity index (χ3v) is 6.45. The maximum absolute atomic E-state index is 13.1. The van der Waals surface area contributed by atoms with Crippen LogP contribution in [0.1, 0.15) is 62.9 Å². The van der Waals surface area contributed by atoms with Crippen LogP contribution in [0.3, 0.4) is 0 Å². The summed E-state index contributed by atoms with van der Waals surface area (Å²) in [5.74, 6) is 1.15. The van der Waals surface area contributed by atoms with E-state index in [0.29, 0.717) is 45.6 Å². The summed E-state index contributed by atoms with van der Waals surface area (Å²) in [5.41, 5.74) is 2.33. The molecular formula is C27H29ClN4O2. The van der Waals surface area contributed by atoms with Crippen LogP contribution in [0.15, 0.2) is 48.7 Å². The van der Waals surface area contributed by atoms with Crippen LogP contribution in [-0.4, -0.2) is 27.1 Å². The van der Waals surface area contributed by atoms with Crippen molar-refractivity contribution in [3.63, 3.8) is 0 Å². The quantitative estimate of drug-likeness (QED) is 0.395. The van der Waals surface area contributed by atoms with Crippen molar-refractivity contribution < 1.29 is 9.53 Å². The average Bonchev–Trinajstić information content (AvgIpc) is 3.27. The molecule has 1 aliphatic rings. The Morgan fingerprint density at radius 1 is 1.15 bits per heavy atom. The smallest absolute Gasteiger partial charge is 0.163 e. The van der Waals surface area contributed by atoms with E-state index in [-0.39, 0.29) is 16.9 Å². The topological polar surface area (TPSA) is 90.8 Å². The predicted octanol–water partition coefficient (Wildman–Crippen LogP) is 6.52. The van der Waals surface area contributed by atoms with Crippen LogP contribution in [0.4, 0.5) is 0 Å². The molecule has 0 spiro atoms.